The third-order valence-corrected chi connectivity index (χ3v) is 9.90. The van der Waals surface area contributed by atoms with Gasteiger partial charge in [0.05, 0.1) is 0 Å². The van der Waals surface area contributed by atoms with Gasteiger partial charge in [0.15, 0.2) is 14.6 Å². The van der Waals surface area contributed by atoms with E-state index in [2.05, 4.69) is 40.8 Å². The fourth-order valence-electron chi connectivity index (χ4n) is 2.77. The van der Waals surface area contributed by atoms with Crippen molar-refractivity contribution in [2.75, 3.05) is 18.5 Å². The lowest BCUT2D eigenvalue weighted by molar-refractivity contribution is 0.112. The SMILES string of the molecule is CN(CCCC(C)(C)[Si](C)(C)O)c1ccc(C#N)c(Oc2ccc(Br)c(C=O)c2)n1. The van der Waals surface area contributed by atoms with Gasteiger partial charge in [-0.2, -0.15) is 10.2 Å². The first kappa shape index (κ1) is 24.1. The molecule has 0 aliphatic heterocycles. The van der Waals surface area contributed by atoms with Crippen LogP contribution in [0, 0.1) is 11.3 Å². The van der Waals surface area contributed by atoms with Crippen molar-refractivity contribution in [2.24, 2.45) is 0 Å². The molecule has 2 rings (SSSR count). The van der Waals surface area contributed by atoms with Gasteiger partial charge in [-0.05, 0) is 61.3 Å². The number of pyridine rings is 1. The summed E-state index contributed by atoms with van der Waals surface area (Å²) in [5.41, 5.74) is 0.772. The van der Waals surface area contributed by atoms with Gasteiger partial charge in [0.25, 0.3) is 0 Å². The summed E-state index contributed by atoms with van der Waals surface area (Å²) in [5, 5.41) is 9.34. The lowest BCUT2D eigenvalue weighted by atomic mass is 10.1. The first-order valence-corrected chi connectivity index (χ1v) is 13.5. The van der Waals surface area contributed by atoms with Crippen LogP contribution in [0.25, 0.3) is 0 Å². The monoisotopic (exact) mass is 489 g/mol. The minimum Gasteiger partial charge on any atom is -0.438 e. The highest BCUT2D eigenvalue weighted by Crippen LogP contribution is 2.39. The molecule has 0 radical (unpaired) electrons. The predicted octanol–water partition coefficient (Wildman–Crippen LogP) is 5.51. The number of hydrogen-bond acceptors (Lipinski definition) is 6. The number of carbonyl (C=O) groups is 1. The Labute approximate surface area is 187 Å². The van der Waals surface area contributed by atoms with E-state index in [0.29, 0.717) is 27.2 Å². The maximum absolute atomic E-state index is 11.2. The van der Waals surface area contributed by atoms with Crippen molar-refractivity contribution in [3.8, 4) is 17.7 Å². The van der Waals surface area contributed by atoms with Crippen molar-refractivity contribution in [1.29, 1.82) is 5.26 Å². The van der Waals surface area contributed by atoms with Gasteiger partial charge >= 0.3 is 0 Å². The summed E-state index contributed by atoms with van der Waals surface area (Å²) in [6.45, 7) is 8.95. The van der Waals surface area contributed by atoms with Crippen molar-refractivity contribution >= 4 is 36.4 Å². The summed E-state index contributed by atoms with van der Waals surface area (Å²) in [4.78, 5) is 28.1. The Hall–Kier alpha value is -2.21. The molecule has 1 N–H and O–H groups in total. The van der Waals surface area contributed by atoms with Crippen LogP contribution in [-0.2, 0) is 0 Å². The molecule has 0 spiro atoms. The van der Waals surface area contributed by atoms with E-state index in [4.69, 9.17) is 4.74 Å². The van der Waals surface area contributed by atoms with Gasteiger partial charge in [-0.3, -0.25) is 4.79 Å². The minimum absolute atomic E-state index is 0.0714. The summed E-state index contributed by atoms with van der Waals surface area (Å²) in [6.07, 6.45) is 2.56. The standard InChI is InChI=1S/C22H28BrN3O3Si/c1-22(2,30(4,5)28)11-6-12-26(3)20-10-7-16(14-24)21(25-20)29-18-8-9-19(23)17(13-18)15-27/h7-10,13,15,28H,6,11-12H2,1-5H3. The Morgan fingerprint density at radius 1 is 1.33 bits per heavy atom. The highest BCUT2D eigenvalue weighted by molar-refractivity contribution is 9.10. The molecule has 1 heterocycles. The maximum atomic E-state index is 11.2. The first-order valence-electron chi connectivity index (χ1n) is 9.76. The lowest BCUT2D eigenvalue weighted by Gasteiger charge is -2.35. The molecular formula is C22H28BrN3O3Si. The molecule has 2 aromatic rings. The highest BCUT2D eigenvalue weighted by Gasteiger charge is 2.37. The molecule has 0 aliphatic rings. The van der Waals surface area contributed by atoms with E-state index >= 15 is 0 Å². The maximum Gasteiger partial charge on any atom is 0.239 e. The van der Waals surface area contributed by atoms with Crippen molar-refractivity contribution in [1.82, 2.24) is 4.98 Å². The summed E-state index contributed by atoms with van der Waals surface area (Å²) in [5.74, 6) is 1.32. The number of benzene rings is 1. The Bertz CT molecular complexity index is 952. The van der Waals surface area contributed by atoms with Crippen molar-refractivity contribution in [3.63, 3.8) is 0 Å². The number of nitriles is 1. The normalized spacial score (nSPS) is 11.7. The average Bonchev–Trinajstić information content (AvgIpc) is 2.68. The molecule has 0 atom stereocenters. The molecular weight excluding hydrogens is 462 g/mol. The van der Waals surface area contributed by atoms with Gasteiger partial charge in [-0.1, -0.05) is 29.8 Å². The van der Waals surface area contributed by atoms with Crippen LogP contribution >= 0.6 is 15.9 Å². The number of nitrogens with zero attached hydrogens (tertiary/aromatic N) is 3. The van der Waals surface area contributed by atoms with Gasteiger partial charge in [-0.25, -0.2) is 0 Å². The molecule has 1 aromatic carbocycles. The highest BCUT2D eigenvalue weighted by atomic mass is 79.9. The van der Waals surface area contributed by atoms with Crippen LogP contribution < -0.4 is 9.64 Å². The molecule has 160 valence electrons. The third-order valence-electron chi connectivity index (χ3n) is 5.62. The van der Waals surface area contributed by atoms with Crippen LogP contribution in [-0.4, -0.2) is 38.0 Å². The molecule has 0 aliphatic carbocycles. The van der Waals surface area contributed by atoms with E-state index in [-0.39, 0.29) is 10.9 Å². The lowest BCUT2D eigenvalue weighted by Crippen LogP contribution is -2.39. The average molecular weight is 490 g/mol. The Kier molecular flexibility index (Phi) is 7.80. The van der Waals surface area contributed by atoms with Gasteiger partial charge < -0.3 is 14.4 Å². The number of hydrogen-bond donors (Lipinski definition) is 1. The van der Waals surface area contributed by atoms with Crippen molar-refractivity contribution < 1.29 is 14.3 Å². The van der Waals surface area contributed by atoms with Crippen LogP contribution in [0.2, 0.25) is 18.1 Å². The molecule has 1 aromatic heterocycles. The van der Waals surface area contributed by atoms with E-state index in [1.165, 1.54) is 0 Å². The number of ether oxygens (including phenoxy) is 1. The fraction of sp³-hybridized carbons (Fsp3) is 0.409. The zero-order valence-electron chi connectivity index (χ0n) is 18.1. The van der Waals surface area contributed by atoms with E-state index < -0.39 is 8.32 Å². The largest absolute Gasteiger partial charge is 0.438 e. The van der Waals surface area contributed by atoms with Gasteiger partial charge in [0.1, 0.15) is 23.2 Å². The number of halogens is 1. The second-order valence-corrected chi connectivity index (χ2v) is 13.8. The number of rotatable bonds is 9. The fourth-order valence-corrected chi connectivity index (χ4v) is 3.90. The van der Waals surface area contributed by atoms with Gasteiger partial charge in [-0.15, -0.1) is 0 Å². The first-order chi connectivity index (χ1) is 14.0. The number of anilines is 1. The quantitative estimate of drug-likeness (QED) is 0.368. The van der Waals surface area contributed by atoms with Crippen LogP contribution in [0.15, 0.2) is 34.8 Å². The molecule has 0 saturated carbocycles. The number of aldehydes is 1. The van der Waals surface area contributed by atoms with Gasteiger partial charge in [0, 0.05) is 23.6 Å². The summed E-state index contributed by atoms with van der Waals surface area (Å²) >= 11 is 3.31. The molecule has 8 heteroatoms. The van der Waals surface area contributed by atoms with Crippen molar-refractivity contribution in [2.45, 2.75) is 44.8 Å². The van der Waals surface area contributed by atoms with Crippen LogP contribution in [0.4, 0.5) is 5.82 Å². The Morgan fingerprint density at radius 2 is 2.03 bits per heavy atom. The molecule has 6 nitrogen and oxygen atoms in total. The van der Waals surface area contributed by atoms with Gasteiger partial charge in [0.2, 0.25) is 5.88 Å². The summed E-state index contributed by atoms with van der Waals surface area (Å²) < 4.78 is 6.49. The van der Waals surface area contributed by atoms with Crippen LogP contribution in [0.5, 0.6) is 11.6 Å². The molecule has 0 fully saturated rings. The predicted molar refractivity (Wildman–Crippen MR) is 125 cm³/mol. The van der Waals surface area contributed by atoms with Crippen LogP contribution in [0.3, 0.4) is 0 Å². The summed E-state index contributed by atoms with van der Waals surface area (Å²) in [6, 6.07) is 10.6. The van der Waals surface area contributed by atoms with E-state index in [1.807, 2.05) is 25.0 Å². The van der Waals surface area contributed by atoms with Crippen LogP contribution in [0.1, 0.15) is 42.6 Å². The zero-order valence-corrected chi connectivity index (χ0v) is 20.7. The van der Waals surface area contributed by atoms with E-state index in [0.717, 1.165) is 25.7 Å². The van der Waals surface area contributed by atoms with E-state index in [9.17, 15) is 14.9 Å². The smallest absolute Gasteiger partial charge is 0.239 e. The second-order valence-electron chi connectivity index (χ2n) is 8.51. The zero-order chi connectivity index (χ0) is 22.5. The van der Waals surface area contributed by atoms with E-state index in [1.54, 1.807) is 30.3 Å². The molecule has 0 unspecified atom stereocenters. The van der Waals surface area contributed by atoms with Crippen molar-refractivity contribution in [3.05, 3.63) is 45.9 Å². The molecule has 0 amide bonds. The Balaban J connectivity index is 2.15. The second kappa shape index (κ2) is 9.73. The molecule has 30 heavy (non-hydrogen) atoms. The molecule has 0 bridgehead atoms. The number of aromatic nitrogens is 1. The summed E-state index contributed by atoms with van der Waals surface area (Å²) in [7, 11) is -0.290. The Morgan fingerprint density at radius 3 is 2.63 bits per heavy atom. The number of carbonyl (C=O) groups excluding carboxylic acids is 1. The third kappa shape index (κ3) is 5.91. The topological polar surface area (TPSA) is 86.5 Å². The minimum atomic E-state index is -2.23. The molecule has 0 saturated heterocycles.